The second-order valence-electron chi connectivity index (χ2n) is 4.03. The molecular formula is C13H18N2O2. The lowest BCUT2D eigenvalue weighted by Crippen LogP contribution is -2.27. The first-order valence-electron chi connectivity index (χ1n) is 5.83. The third-order valence-corrected chi connectivity index (χ3v) is 2.91. The van der Waals surface area contributed by atoms with Gasteiger partial charge >= 0.3 is 0 Å². The monoisotopic (exact) mass is 234 g/mol. The number of para-hydroxylation sites is 1. The second-order valence-corrected chi connectivity index (χ2v) is 4.03. The quantitative estimate of drug-likeness (QED) is 0.488. The molecule has 1 aromatic carbocycles. The van der Waals surface area contributed by atoms with E-state index in [4.69, 9.17) is 15.2 Å². The van der Waals surface area contributed by atoms with Crippen molar-refractivity contribution in [1.29, 1.82) is 0 Å². The highest BCUT2D eigenvalue weighted by molar-refractivity contribution is 5.88. The van der Waals surface area contributed by atoms with Crippen molar-refractivity contribution in [3.05, 3.63) is 29.8 Å². The number of hydrogen-bond acceptors (Lipinski definition) is 3. The predicted molar refractivity (Wildman–Crippen MR) is 67.7 cm³/mol. The van der Waals surface area contributed by atoms with E-state index in [0.29, 0.717) is 25.6 Å². The molecule has 17 heavy (non-hydrogen) atoms. The number of methoxy groups -OCH3 is 1. The van der Waals surface area contributed by atoms with Crippen LogP contribution in [0.2, 0.25) is 0 Å². The average molecular weight is 234 g/mol. The molecule has 0 aliphatic carbocycles. The van der Waals surface area contributed by atoms with Crippen molar-refractivity contribution in [3.8, 4) is 5.75 Å². The maximum Gasteiger partial charge on any atom is 0.123 e. The zero-order chi connectivity index (χ0) is 12.1. The Labute approximate surface area is 101 Å². The van der Waals surface area contributed by atoms with Gasteiger partial charge in [0.25, 0.3) is 0 Å². The number of ether oxygens (including phenoxy) is 2. The highest BCUT2D eigenvalue weighted by atomic mass is 16.5. The summed E-state index contributed by atoms with van der Waals surface area (Å²) in [5.74, 6) is 1.78. The molecule has 1 aliphatic rings. The third kappa shape index (κ3) is 2.77. The third-order valence-electron chi connectivity index (χ3n) is 2.91. The van der Waals surface area contributed by atoms with Crippen LogP contribution >= 0.6 is 0 Å². The molecule has 0 radical (unpaired) electrons. The molecule has 4 heteroatoms. The fourth-order valence-corrected chi connectivity index (χ4v) is 2.03. The molecule has 0 fully saturated rings. The maximum atomic E-state index is 6.04. The van der Waals surface area contributed by atoms with Crippen LogP contribution in [0.1, 0.15) is 17.9 Å². The lowest BCUT2D eigenvalue weighted by atomic mass is 9.92. The number of aliphatic imine (C=N–C) groups is 1. The summed E-state index contributed by atoms with van der Waals surface area (Å²) >= 11 is 0. The van der Waals surface area contributed by atoms with Gasteiger partial charge in [-0.15, -0.1) is 0 Å². The standard InChI is InChI=1S/C13H18N2O2/c1-16-9-7-15-13(14)11-6-8-17-12-5-3-2-4-10(11)12/h2-5,11H,6-9H2,1H3,(H2,14,15). The van der Waals surface area contributed by atoms with Gasteiger partial charge in [0.1, 0.15) is 11.6 Å². The van der Waals surface area contributed by atoms with E-state index in [1.54, 1.807) is 7.11 Å². The van der Waals surface area contributed by atoms with Crippen molar-refractivity contribution in [2.24, 2.45) is 10.7 Å². The first kappa shape index (κ1) is 11.9. The van der Waals surface area contributed by atoms with Gasteiger partial charge in [-0.3, -0.25) is 4.99 Å². The Bertz CT molecular complexity index is 404. The molecule has 2 rings (SSSR count). The molecule has 0 aromatic heterocycles. The lowest BCUT2D eigenvalue weighted by Gasteiger charge is -2.25. The topological polar surface area (TPSA) is 56.8 Å². The molecular weight excluding hydrogens is 216 g/mol. The second kappa shape index (κ2) is 5.68. The van der Waals surface area contributed by atoms with Crippen molar-refractivity contribution in [3.63, 3.8) is 0 Å². The van der Waals surface area contributed by atoms with Crippen molar-refractivity contribution in [1.82, 2.24) is 0 Å². The van der Waals surface area contributed by atoms with Gasteiger partial charge in [-0.05, 0) is 12.5 Å². The number of benzene rings is 1. The van der Waals surface area contributed by atoms with Gasteiger partial charge in [0, 0.05) is 18.6 Å². The van der Waals surface area contributed by atoms with E-state index in [1.165, 1.54) is 0 Å². The van der Waals surface area contributed by atoms with E-state index in [1.807, 2.05) is 18.2 Å². The summed E-state index contributed by atoms with van der Waals surface area (Å²) in [6.07, 6.45) is 0.888. The Morgan fingerprint density at radius 2 is 2.35 bits per heavy atom. The highest BCUT2D eigenvalue weighted by Crippen LogP contribution is 2.33. The van der Waals surface area contributed by atoms with E-state index in [-0.39, 0.29) is 5.92 Å². The van der Waals surface area contributed by atoms with E-state index in [0.717, 1.165) is 17.7 Å². The van der Waals surface area contributed by atoms with Gasteiger partial charge in [0.2, 0.25) is 0 Å². The Balaban J connectivity index is 2.15. The first-order valence-corrected chi connectivity index (χ1v) is 5.83. The van der Waals surface area contributed by atoms with Crippen LogP contribution in [0.25, 0.3) is 0 Å². The Morgan fingerprint density at radius 3 is 3.18 bits per heavy atom. The molecule has 92 valence electrons. The normalized spacial score (nSPS) is 19.6. The van der Waals surface area contributed by atoms with Crippen LogP contribution in [-0.4, -0.2) is 32.7 Å². The van der Waals surface area contributed by atoms with Crippen molar-refractivity contribution >= 4 is 5.84 Å². The van der Waals surface area contributed by atoms with Crippen LogP contribution in [0.15, 0.2) is 29.3 Å². The molecule has 4 nitrogen and oxygen atoms in total. The summed E-state index contributed by atoms with van der Waals surface area (Å²) in [6, 6.07) is 8.00. The Morgan fingerprint density at radius 1 is 1.53 bits per heavy atom. The SMILES string of the molecule is COCCN=C(N)C1CCOc2ccccc21. The number of hydrogen-bond donors (Lipinski definition) is 1. The molecule has 0 saturated heterocycles. The van der Waals surface area contributed by atoms with Crippen molar-refractivity contribution in [2.45, 2.75) is 12.3 Å². The molecule has 1 aromatic rings. The van der Waals surface area contributed by atoms with Gasteiger partial charge < -0.3 is 15.2 Å². The fourth-order valence-electron chi connectivity index (χ4n) is 2.03. The van der Waals surface area contributed by atoms with Gasteiger partial charge in [-0.2, -0.15) is 0 Å². The summed E-state index contributed by atoms with van der Waals surface area (Å²) in [6.45, 7) is 1.91. The van der Waals surface area contributed by atoms with Crippen LogP contribution in [0.3, 0.4) is 0 Å². The summed E-state index contributed by atoms with van der Waals surface area (Å²) < 4.78 is 10.6. The zero-order valence-electron chi connectivity index (χ0n) is 10.1. The molecule has 0 saturated carbocycles. The van der Waals surface area contributed by atoms with Crippen LogP contribution in [0.5, 0.6) is 5.75 Å². The van der Waals surface area contributed by atoms with Gasteiger partial charge in [0.05, 0.1) is 19.8 Å². The predicted octanol–water partition coefficient (Wildman–Crippen LogP) is 1.56. The van der Waals surface area contributed by atoms with Gasteiger partial charge in [-0.1, -0.05) is 18.2 Å². The summed E-state index contributed by atoms with van der Waals surface area (Å²) in [4.78, 5) is 4.35. The van der Waals surface area contributed by atoms with Gasteiger partial charge in [0.15, 0.2) is 0 Å². The smallest absolute Gasteiger partial charge is 0.123 e. The summed E-state index contributed by atoms with van der Waals surface area (Å²) in [5.41, 5.74) is 7.18. The first-order chi connectivity index (χ1) is 8.33. The van der Waals surface area contributed by atoms with E-state index in [2.05, 4.69) is 11.1 Å². The molecule has 2 N–H and O–H groups in total. The largest absolute Gasteiger partial charge is 0.493 e. The number of nitrogens with zero attached hydrogens (tertiary/aromatic N) is 1. The van der Waals surface area contributed by atoms with Crippen LogP contribution in [0, 0.1) is 0 Å². The van der Waals surface area contributed by atoms with E-state index >= 15 is 0 Å². The maximum absolute atomic E-state index is 6.04. The lowest BCUT2D eigenvalue weighted by molar-refractivity contribution is 0.208. The fraction of sp³-hybridized carbons (Fsp3) is 0.462. The highest BCUT2D eigenvalue weighted by Gasteiger charge is 2.23. The van der Waals surface area contributed by atoms with E-state index in [9.17, 15) is 0 Å². The zero-order valence-corrected chi connectivity index (χ0v) is 10.1. The van der Waals surface area contributed by atoms with Crippen LogP contribution in [0.4, 0.5) is 0 Å². The number of nitrogens with two attached hydrogens (primary N) is 1. The van der Waals surface area contributed by atoms with Crippen LogP contribution in [-0.2, 0) is 4.74 Å². The Kier molecular flexibility index (Phi) is 3.98. The van der Waals surface area contributed by atoms with Crippen molar-refractivity contribution in [2.75, 3.05) is 26.9 Å². The van der Waals surface area contributed by atoms with Crippen molar-refractivity contribution < 1.29 is 9.47 Å². The molecule has 1 aliphatic heterocycles. The molecule has 1 atom stereocenters. The number of rotatable bonds is 4. The Hall–Kier alpha value is -1.55. The molecule has 1 unspecified atom stereocenters. The molecule has 0 spiro atoms. The molecule has 0 bridgehead atoms. The molecule has 1 heterocycles. The molecule has 0 amide bonds. The van der Waals surface area contributed by atoms with Crippen LogP contribution < -0.4 is 10.5 Å². The summed E-state index contributed by atoms with van der Waals surface area (Å²) in [5, 5.41) is 0. The van der Waals surface area contributed by atoms with Gasteiger partial charge in [-0.25, -0.2) is 0 Å². The van der Waals surface area contributed by atoms with E-state index < -0.39 is 0 Å². The number of fused-ring (bicyclic) bond motifs is 1. The minimum absolute atomic E-state index is 0.178. The minimum Gasteiger partial charge on any atom is -0.493 e. The minimum atomic E-state index is 0.178. The summed E-state index contributed by atoms with van der Waals surface area (Å²) in [7, 11) is 1.66. The average Bonchev–Trinajstić information content (AvgIpc) is 2.38. The number of amidine groups is 1.